The topological polar surface area (TPSA) is 119 Å². The summed E-state index contributed by atoms with van der Waals surface area (Å²) in [6.07, 6.45) is 15.3. The van der Waals surface area contributed by atoms with Gasteiger partial charge in [0.15, 0.2) is 0 Å². The zero-order valence-electron chi connectivity index (χ0n) is 23.3. The van der Waals surface area contributed by atoms with Crippen LogP contribution in [-0.2, 0) is 33.5 Å². The van der Waals surface area contributed by atoms with E-state index in [1.165, 1.54) is 0 Å². The molecular weight excluding hydrogens is 558 g/mol. The molecule has 2 bridgehead atoms. The van der Waals surface area contributed by atoms with Crippen molar-refractivity contribution in [2.75, 3.05) is 0 Å². The molecule has 4 unspecified atom stereocenters. The molecule has 6 aliphatic rings. The van der Waals surface area contributed by atoms with Crippen LogP contribution in [0.2, 0.25) is 0 Å². The normalized spacial score (nSPS) is 32.1. The Kier molecular flexibility index (Phi) is 7.80. The summed E-state index contributed by atoms with van der Waals surface area (Å²) < 4.78 is 67.6. The minimum absolute atomic E-state index is 0.0186. The van der Waals surface area contributed by atoms with Crippen LogP contribution in [0.4, 0.5) is 8.78 Å². The lowest BCUT2D eigenvalue weighted by Gasteiger charge is -2.55. The molecule has 2 saturated heterocycles. The fourth-order valence-corrected chi connectivity index (χ4v) is 9.64. The number of hydroxylamine groups is 2. The van der Waals surface area contributed by atoms with Crippen LogP contribution in [0.1, 0.15) is 96.3 Å². The molecular formula is C29H40F2N2O7S. The number of hydrogen-bond donors (Lipinski definition) is 1. The maximum atomic E-state index is 15.8. The lowest BCUT2D eigenvalue weighted by molar-refractivity contribution is -0.170. The zero-order chi connectivity index (χ0) is 29.0. The number of alkyl halides is 2. The van der Waals surface area contributed by atoms with E-state index < -0.39 is 62.7 Å². The largest absolute Gasteiger partial charge is 0.448 e. The van der Waals surface area contributed by atoms with E-state index >= 15 is 8.78 Å². The van der Waals surface area contributed by atoms with Crippen LogP contribution in [0.5, 0.6) is 0 Å². The lowest BCUT2D eigenvalue weighted by Crippen LogP contribution is -2.67. The van der Waals surface area contributed by atoms with Gasteiger partial charge < -0.3 is 10.1 Å². The second-order valence-electron chi connectivity index (χ2n) is 12.9. The number of rotatable bonds is 8. The smallest absolute Gasteiger partial charge is 0.365 e. The fourth-order valence-electron chi connectivity index (χ4n) is 8.92. The summed E-state index contributed by atoms with van der Waals surface area (Å²) in [5, 5.41) is -2.38. The molecule has 41 heavy (non-hydrogen) atoms. The van der Waals surface area contributed by atoms with Gasteiger partial charge in [-0.1, -0.05) is 69.9 Å². The second-order valence-corrected chi connectivity index (χ2v) is 14.5. The molecule has 5 fully saturated rings. The Hall–Kier alpha value is -1.92. The molecule has 9 nitrogen and oxygen atoms in total. The Labute approximate surface area is 239 Å². The van der Waals surface area contributed by atoms with Crippen molar-refractivity contribution >= 4 is 27.8 Å². The van der Waals surface area contributed by atoms with Crippen LogP contribution in [0.25, 0.3) is 0 Å². The van der Waals surface area contributed by atoms with Crippen molar-refractivity contribution in [2.24, 2.45) is 29.6 Å². The quantitative estimate of drug-likeness (QED) is 0.326. The number of halogens is 2. The molecule has 3 heterocycles. The van der Waals surface area contributed by atoms with Crippen LogP contribution in [0.3, 0.4) is 0 Å². The fraction of sp³-hybridized carbons (Fsp3) is 0.828. The first-order valence-corrected chi connectivity index (χ1v) is 16.8. The lowest BCUT2D eigenvalue weighted by atomic mass is 9.56. The highest BCUT2D eigenvalue weighted by atomic mass is 32.2. The summed E-state index contributed by atoms with van der Waals surface area (Å²) in [6.45, 7) is 0. The number of carbonyl (C=O) groups is 3. The van der Waals surface area contributed by atoms with Crippen LogP contribution in [0, 0.1) is 29.6 Å². The van der Waals surface area contributed by atoms with Gasteiger partial charge in [-0.25, -0.2) is 0 Å². The average Bonchev–Trinajstić information content (AvgIpc) is 3.67. The van der Waals surface area contributed by atoms with E-state index in [1.807, 2.05) is 0 Å². The molecule has 3 aliphatic heterocycles. The van der Waals surface area contributed by atoms with E-state index in [1.54, 1.807) is 12.2 Å². The molecule has 3 aliphatic carbocycles. The zero-order valence-corrected chi connectivity index (χ0v) is 24.1. The molecule has 6 rings (SSSR count). The molecule has 3 amide bonds. The first kappa shape index (κ1) is 29.2. The SMILES string of the molecule is O=C1C2C3C=CC(O3)C2C(=O)N1OS(=O)(=O)C(F)(F)C(=O)NC(C1CCCCC1)(C1CCCCC1)C1CCCCC1. The summed E-state index contributed by atoms with van der Waals surface area (Å²) in [5.74, 6) is -6.17. The molecule has 228 valence electrons. The van der Waals surface area contributed by atoms with Gasteiger partial charge in [0, 0.05) is 5.54 Å². The van der Waals surface area contributed by atoms with E-state index in [2.05, 4.69) is 9.60 Å². The van der Waals surface area contributed by atoms with Crippen LogP contribution in [-0.4, -0.2) is 54.2 Å². The third-order valence-electron chi connectivity index (χ3n) is 10.8. The van der Waals surface area contributed by atoms with Crippen molar-refractivity contribution in [2.45, 2.75) is 119 Å². The Morgan fingerprint density at radius 1 is 0.780 bits per heavy atom. The van der Waals surface area contributed by atoms with E-state index in [-0.39, 0.29) is 22.8 Å². The molecule has 4 atom stereocenters. The monoisotopic (exact) mass is 598 g/mol. The maximum Gasteiger partial charge on any atom is 0.448 e. The van der Waals surface area contributed by atoms with Gasteiger partial charge >= 0.3 is 21.3 Å². The van der Waals surface area contributed by atoms with Gasteiger partial charge in [0.2, 0.25) is 0 Å². The second kappa shape index (κ2) is 11.0. The maximum absolute atomic E-state index is 15.8. The van der Waals surface area contributed by atoms with Crippen molar-refractivity contribution in [1.82, 2.24) is 10.4 Å². The molecule has 0 aromatic carbocycles. The van der Waals surface area contributed by atoms with E-state index in [4.69, 9.17) is 4.74 Å². The van der Waals surface area contributed by atoms with Crippen molar-refractivity contribution in [1.29, 1.82) is 0 Å². The van der Waals surface area contributed by atoms with Gasteiger partial charge in [0.25, 0.3) is 11.8 Å². The van der Waals surface area contributed by atoms with Crippen molar-refractivity contribution in [3.05, 3.63) is 12.2 Å². The number of carbonyl (C=O) groups excluding carboxylic acids is 3. The Bertz CT molecular complexity index is 1110. The molecule has 1 N–H and O–H groups in total. The molecule has 0 radical (unpaired) electrons. The molecule has 0 spiro atoms. The predicted molar refractivity (Wildman–Crippen MR) is 142 cm³/mol. The predicted octanol–water partition coefficient (Wildman–Crippen LogP) is 4.37. The first-order valence-electron chi connectivity index (χ1n) is 15.4. The molecule has 0 aromatic rings. The summed E-state index contributed by atoms with van der Waals surface area (Å²) in [4.78, 5) is 39.3. The van der Waals surface area contributed by atoms with Crippen LogP contribution < -0.4 is 5.32 Å². The summed E-state index contributed by atoms with van der Waals surface area (Å²) >= 11 is 0. The highest BCUT2D eigenvalue weighted by molar-refractivity contribution is 7.88. The van der Waals surface area contributed by atoms with Crippen LogP contribution >= 0.6 is 0 Å². The van der Waals surface area contributed by atoms with Gasteiger partial charge in [-0.05, 0) is 56.3 Å². The third-order valence-corrected chi connectivity index (χ3v) is 12.0. The van der Waals surface area contributed by atoms with Gasteiger partial charge in [-0.2, -0.15) is 17.2 Å². The number of nitrogens with zero attached hydrogens (tertiary/aromatic N) is 1. The minimum Gasteiger partial charge on any atom is -0.365 e. The number of fused-ring (bicyclic) bond motifs is 5. The van der Waals surface area contributed by atoms with E-state index in [0.29, 0.717) is 0 Å². The Balaban J connectivity index is 1.28. The van der Waals surface area contributed by atoms with Crippen molar-refractivity contribution in [3.8, 4) is 0 Å². The van der Waals surface area contributed by atoms with Crippen molar-refractivity contribution in [3.63, 3.8) is 0 Å². The van der Waals surface area contributed by atoms with Gasteiger partial charge in [0.05, 0.1) is 24.0 Å². The molecule has 12 heteroatoms. The van der Waals surface area contributed by atoms with Gasteiger partial charge in [0.1, 0.15) is 0 Å². The summed E-state index contributed by atoms with van der Waals surface area (Å²) in [7, 11) is -6.04. The highest BCUT2D eigenvalue weighted by Gasteiger charge is 2.65. The summed E-state index contributed by atoms with van der Waals surface area (Å²) in [6, 6.07) is 0. The average molecular weight is 599 g/mol. The van der Waals surface area contributed by atoms with Crippen LogP contribution in [0.15, 0.2) is 12.2 Å². The number of imide groups is 1. The first-order chi connectivity index (χ1) is 19.6. The van der Waals surface area contributed by atoms with Crippen molar-refractivity contribution < 1.29 is 40.6 Å². The molecule has 0 aromatic heterocycles. The standard InChI is InChI=1S/C29H40F2N2O7S/c30-29(31,41(37,38)40-33-25(34)23-21-16-17-22(39-21)24(23)26(33)35)27(36)32-28(18-10-4-1-5-11-18,19-12-6-2-7-13-19)20-14-8-3-9-15-20/h16-24H,1-15H2,(H,32,36). The van der Waals surface area contributed by atoms with E-state index in [0.717, 1.165) is 96.3 Å². The van der Waals surface area contributed by atoms with E-state index in [9.17, 15) is 22.8 Å². The minimum atomic E-state index is -6.04. The molecule has 3 saturated carbocycles. The summed E-state index contributed by atoms with van der Waals surface area (Å²) in [5.41, 5.74) is -0.935. The number of hydrogen-bond acceptors (Lipinski definition) is 7. The Morgan fingerprint density at radius 3 is 1.56 bits per heavy atom. The third kappa shape index (κ3) is 4.76. The van der Waals surface area contributed by atoms with Gasteiger partial charge in [-0.15, -0.1) is 9.35 Å². The number of nitrogens with one attached hydrogen (secondary N) is 1. The number of ether oxygens (including phenoxy) is 1. The highest BCUT2D eigenvalue weighted by Crippen LogP contribution is 2.51. The Morgan fingerprint density at radius 2 is 1.17 bits per heavy atom. The number of amides is 3. The van der Waals surface area contributed by atoms with Gasteiger partial charge in [-0.3, -0.25) is 14.4 Å².